The maximum absolute atomic E-state index is 6.05. The Kier molecular flexibility index (Phi) is 2.39. The molecule has 2 aliphatic rings. The topological polar surface area (TPSA) is 26.0 Å². The van der Waals surface area contributed by atoms with E-state index in [1.807, 2.05) is 0 Å². The molecule has 2 heteroatoms. The highest BCUT2D eigenvalue weighted by Gasteiger charge is 2.51. The molecule has 1 aliphatic heterocycles. The van der Waals surface area contributed by atoms with Crippen molar-refractivity contribution in [3.63, 3.8) is 0 Å². The van der Waals surface area contributed by atoms with E-state index in [1.54, 1.807) is 0 Å². The number of nitrogens with two attached hydrogens (primary N) is 1. The smallest absolute Gasteiger partial charge is 0.00699 e. The van der Waals surface area contributed by atoms with Crippen molar-refractivity contribution >= 4 is 11.8 Å². The molecule has 0 spiro atoms. The van der Waals surface area contributed by atoms with Crippen molar-refractivity contribution in [1.82, 2.24) is 0 Å². The number of hydrogen-bond donors (Lipinski definition) is 1. The molecule has 1 saturated heterocycles. The van der Waals surface area contributed by atoms with Gasteiger partial charge in [0.25, 0.3) is 0 Å². The third kappa shape index (κ3) is 1.39. The van der Waals surface area contributed by atoms with Crippen molar-refractivity contribution in [2.75, 3.05) is 11.5 Å². The summed E-state index contributed by atoms with van der Waals surface area (Å²) < 4.78 is 0. The van der Waals surface area contributed by atoms with Crippen LogP contribution in [0, 0.1) is 11.3 Å². The normalized spacial score (nSPS) is 36.0. The van der Waals surface area contributed by atoms with Crippen LogP contribution in [-0.4, -0.2) is 17.5 Å². The van der Waals surface area contributed by atoms with E-state index in [0.717, 1.165) is 5.92 Å². The van der Waals surface area contributed by atoms with E-state index in [2.05, 4.69) is 18.7 Å². The Balaban J connectivity index is 1.97. The van der Waals surface area contributed by atoms with Crippen molar-refractivity contribution in [3.05, 3.63) is 0 Å². The number of rotatable bonds is 2. The fraction of sp³-hybridized carbons (Fsp3) is 1.00. The Morgan fingerprint density at radius 1 is 1.50 bits per heavy atom. The summed E-state index contributed by atoms with van der Waals surface area (Å²) in [5.41, 5.74) is 6.63. The molecule has 0 aromatic heterocycles. The van der Waals surface area contributed by atoms with E-state index in [-0.39, 0.29) is 0 Å². The second kappa shape index (κ2) is 3.22. The summed E-state index contributed by atoms with van der Waals surface area (Å²) in [7, 11) is 0. The molecule has 0 aromatic carbocycles. The van der Waals surface area contributed by atoms with Crippen LogP contribution in [0.3, 0.4) is 0 Å². The van der Waals surface area contributed by atoms with Gasteiger partial charge >= 0.3 is 0 Å². The fourth-order valence-corrected chi connectivity index (χ4v) is 3.89. The monoisotopic (exact) mass is 185 g/mol. The molecule has 2 fully saturated rings. The van der Waals surface area contributed by atoms with Gasteiger partial charge in [-0.2, -0.15) is 11.8 Å². The lowest BCUT2D eigenvalue weighted by atomic mass is 9.82. The lowest BCUT2D eigenvalue weighted by Gasteiger charge is -2.32. The minimum absolute atomic E-state index is 0.432. The van der Waals surface area contributed by atoms with Crippen LogP contribution in [0.4, 0.5) is 0 Å². The predicted octanol–water partition coefficient (Wildman–Crippen LogP) is 2.26. The first kappa shape index (κ1) is 8.89. The molecular weight excluding hydrogens is 166 g/mol. The summed E-state index contributed by atoms with van der Waals surface area (Å²) in [6, 6.07) is 0.432. The van der Waals surface area contributed by atoms with E-state index in [4.69, 9.17) is 5.73 Å². The molecule has 2 unspecified atom stereocenters. The molecule has 0 aromatic rings. The van der Waals surface area contributed by atoms with Crippen LogP contribution in [-0.2, 0) is 0 Å². The first-order valence-electron chi connectivity index (χ1n) is 5.09. The van der Waals surface area contributed by atoms with Crippen LogP contribution in [0.15, 0.2) is 0 Å². The third-order valence-corrected chi connectivity index (χ3v) is 4.92. The zero-order valence-corrected chi connectivity index (χ0v) is 8.70. The summed E-state index contributed by atoms with van der Waals surface area (Å²) in [4.78, 5) is 0. The largest absolute Gasteiger partial charge is 0.327 e. The van der Waals surface area contributed by atoms with Crippen LogP contribution >= 0.6 is 11.8 Å². The van der Waals surface area contributed by atoms with E-state index in [0.29, 0.717) is 11.5 Å². The van der Waals surface area contributed by atoms with Gasteiger partial charge in [0, 0.05) is 6.04 Å². The van der Waals surface area contributed by atoms with E-state index in [1.165, 1.54) is 37.2 Å². The summed E-state index contributed by atoms with van der Waals surface area (Å²) in [5.74, 6) is 3.70. The summed E-state index contributed by atoms with van der Waals surface area (Å²) in [5, 5.41) is 0. The van der Waals surface area contributed by atoms with Crippen molar-refractivity contribution in [1.29, 1.82) is 0 Å². The first-order chi connectivity index (χ1) is 5.76. The van der Waals surface area contributed by atoms with E-state index >= 15 is 0 Å². The Hall–Kier alpha value is 0.310. The molecule has 70 valence electrons. The average Bonchev–Trinajstić information content (AvgIpc) is 2.86. The van der Waals surface area contributed by atoms with Gasteiger partial charge < -0.3 is 5.73 Å². The molecule has 0 bridgehead atoms. The van der Waals surface area contributed by atoms with Crippen LogP contribution in [0.1, 0.15) is 32.6 Å². The van der Waals surface area contributed by atoms with Crippen LogP contribution in [0.2, 0.25) is 0 Å². The molecule has 2 rings (SSSR count). The number of hydrogen-bond acceptors (Lipinski definition) is 2. The summed E-state index contributed by atoms with van der Waals surface area (Å²) in [6.45, 7) is 2.20. The van der Waals surface area contributed by atoms with Crippen molar-refractivity contribution in [2.45, 2.75) is 38.6 Å². The Morgan fingerprint density at radius 3 is 2.67 bits per heavy atom. The van der Waals surface area contributed by atoms with Gasteiger partial charge in [0.05, 0.1) is 0 Å². The molecule has 0 amide bonds. The van der Waals surface area contributed by atoms with Crippen molar-refractivity contribution in [3.8, 4) is 0 Å². The highest BCUT2D eigenvalue weighted by Crippen LogP contribution is 2.57. The van der Waals surface area contributed by atoms with Gasteiger partial charge in [-0.15, -0.1) is 0 Å². The second-order valence-electron chi connectivity index (χ2n) is 4.44. The molecule has 1 saturated carbocycles. The zero-order chi connectivity index (χ0) is 8.60. The molecule has 1 aliphatic carbocycles. The maximum atomic E-state index is 6.05. The van der Waals surface area contributed by atoms with Gasteiger partial charge in [0.15, 0.2) is 0 Å². The van der Waals surface area contributed by atoms with Gasteiger partial charge in [-0.05, 0) is 55.4 Å². The Labute approximate surface area is 79.5 Å². The van der Waals surface area contributed by atoms with E-state index in [9.17, 15) is 0 Å². The maximum Gasteiger partial charge on any atom is 0.00699 e. The van der Waals surface area contributed by atoms with Crippen LogP contribution < -0.4 is 5.73 Å². The Bertz CT molecular complexity index is 157. The lowest BCUT2D eigenvalue weighted by Crippen LogP contribution is -2.36. The Morgan fingerprint density at radius 2 is 2.25 bits per heavy atom. The molecular formula is C10H19NS. The molecule has 12 heavy (non-hydrogen) atoms. The summed E-state index contributed by atoms with van der Waals surface area (Å²) in [6.07, 6.45) is 5.66. The van der Waals surface area contributed by atoms with Gasteiger partial charge in [0.2, 0.25) is 0 Å². The summed E-state index contributed by atoms with van der Waals surface area (Å²) >= 11 is 2.13. The van der Waals surface area contributed by atoms with E-state index < -0.39 is 0 Å². The predicted molar refractivity (Wildman–Crippen MR) is 55.4 cm³/mol. The minimum atomic E-state index is 0.432. The second-order valence-corrected chi connectivity index (χ2v) is 5.59. The van der Waals surface area contributed by atoms with Gasteiger partial charge in [0.1, 0.15) is 0 Å². The minimum Gasteiger partial charge on any atom is -0.327 e. The van der Waals surface area contributed by atoms with Crippen LogP contribution in [0.5, 0.6) is 0 Å². The molecule has 1 nitrogen and oxygen atoms in total. The highest BCUT2D eigenvalue weighted by molar-refractivity contribution is 7.99. The molecule has 1 heterocycles. The molecule has 2 atom stereocenters. The van der Waals surface area contributed by atoms with Gasteiger partial charge in [-0.3, -0.25) is 0 Å². The first-order valence-corrected chi connectivity index (χ1v) is 6.24. The SMILES string of the molecule is CC(N)C1(C2CCCSC2)CC1. The van der Waals surface area contributed by atoms with Gasteiger partial charge in [-0.25, -0.2) is 0 Å². The zero-order valence-electron chi connectivity index (χ0n) is 7.88. The average molecular weight is 185 g/mol. The number of thioether (sulfide) groups is 1. The van der Waals surface area contributed by atoms with Gasteiger partial charge in [-0.1, -0.05) is 0 Å². The van der Waals surface area contributed by atoms with Crippen LogP contribution in [0.25, 0.3) is 0 Å². The standard InChI is InChI=1S/C10H19NS/c1-8(11)10(4-5-10)9-3-2-6-12-7-9/h8-9H,2-7,11H2,1H3. The highest BCUT2D eigenvalue weighted by atomic mass is 32.2. The fourth-order valence-electron chi connectivity index (χ4n) is 2.57. The molecule has 0 radical (unpaired) electrons. The quantitative estimate of drug-likeness (QED) is 0.714. The molecule has 2 N–H and O–H groups in total. The van der Waals surface area contributed by atoms with Crippen molar-refractivity contribution in [2.24, 2.45) is 17.1 Å². The third-order valence-electron chi connectivity index (χ3n) is 3.71. The lowest BCUT2D eigenvalue weighted by molar-refractivity contribution is 0.269. The van der Waals surface area contributed by atoms with Crippen molar-refractivity contribution < 1.29 is 0 Å².